The highest BCUT2D eigenvalue weighted by Crippen LogP contribution is 2.12. The fourth-order valence-corrected chi connectivity index (χ4v) is 1.53. The van der Waals surface area contributed by atoms with E-state index in [1.54, 1.807) is 6.21 Å². The molecule has 5 heteroatoms. The fraction of sp³-hybridized carbons (Fsp3) is 0.429. The quantitative estimate of drug-likeness (QED) is 0.326. The van der Waals surface area contributed by atoms with Gasteiger partial charge in [-0.2, -0.15) is 5.10 Å². The van der Waals surface area contributed by atoms with Gasteiger partial charge in [-0.25, -0.2) is 0 Å². The number of benzene rings is 1. The molecule has 0 saturated carbocycles. The molecule has 0 aliphatic rings. The second-order valence-corrected chi connectivity index (χ2v) is 4.25. The predicted octanol–water partition coefficient (Wildman–Crippen LogP) is 2.25. The van der Waals surface area contributed by atoms with Crippen LogP contribution in [0.4, 0.5) is 0 Å². The monoisotopic (exact) mass is 262 g/mol. The van der Waals surface area contributed by atoms with Crippen LogP contribution in [0.1, 0.15) is 38.2 Å². The van der Waals surface area contributed by atoms with Crippen molar-refractivity contribution in [3.8, 4) is 5.75 Å². The highest BCUT2D eigenvalue weighted by molar-refractivity contribution is 5.81. The number of rotatable bonds is 8. The molecule has 0 aromatic heterocycles. The summed E-state index contributed by atoms with van der Waals surface area (Å²) < 4.78 is 5.64. The minimum absolute atomic E-state index is 0.0525. The summed E-state index contributed by atoms with van der Waals surface area (Å²) in [4.78, 5) is 0. The third-order valence-corrected chi connectivity index (χ3v) is 2.53. The average molecular weight is 262 g/mol. The Kier molecular flexibility index (Phi) is 7.09. The molecule has 0 aliphatic carbocycles. The minimum Gasteiger partial charge on any atom is -0.494 e. The van der Waals surface area contributed by atoms with Crippen molar-refractivity contribution in [3.63, 3.8) is 0 Å². The Hall–Kier alpha value is -2.04. The van der Waals surface area contributed by atoms with Crippen molar-refractivity contribution in [2.24, 2.45) is 21.7 Å². The van der Waals surface area contributed by atoms with Crippen LogP contribution in [0.25, 0.3) is 0 Å². The lowest BCUT2D eigenvalue weighted by atomic mass is 10.2. The molecule has 0 heterocycles. The second-order valence-electron chi connectivity index (χ2n) is 4.25. The molecule has 19 heavy (non-hydrogen) atoms. The van der Waals surface area contributed by atoms with E-state index in [-0.39, 0.29) is 5.96 Å². The Labute approximate surface area is 114 Å². The Balaban J connectivity index is 2.35. The maximum Gasteiger partial charge on any atom is 0.211 e. The molecule has 0 radical (unpaired) electrons. The Bertz CT molecular complexity index is 408. The maximum absolute atomic E-state index is 5.64. The van der Waals surface area contributed by atoms with Gasteiger partial charge in [0.15, 0.2) is 0 Å². The largest absolute Gasteiger partial charge is 0.494 e. The molecular formula is C14H22N4O. The molecule has 0 unspecified atom stereocenters. The summed E-state index contributed by atoms with van der Waals surface area (Å²) in [5.74, 6) is 0.818. The van der Waals surface area contributed by atoms with E-state index in [1.807, 2.05) is 24.3 Å². The molecule has 5 nitrogen and oxygen atoms in total. The predicted molar refractivity (Wildman–Crippen MR) is 79.5 cm³/mol. The second kappa shape index (κ2) is 8.97. The zero-order valence-corrected chi connectivity index (χ0v) is 11.4. The van der Waals surface area contributed by atoms with Crippen LogP contribution in [-0.4, -0.2) is 18.8 Å². The van der Waals surface area contributed by atoms with Crippen LogP contribution >= 0.6 is 0 Å². The van der Waals surface area contributed by atoms with E-state index in [4.69, 9.17) is 16.2 Å². The van der Waals surface area contributed by atoms with Gasteiger partial charge in [0.05, 0.1) is 12.8 Å². The molecule has 0 aliphatic heterocycles. The highest BCUT2D eigenvalue weighted by Gasteiger charge is 1.94. The van der Waals surface area contributed by atoms with Crippen molar-refractivity contribution < 1.29 is 4.74 Å². The van der Waals surface area contributed by atoms with Crippen LogP contribution in [0.2, 0.25) is 0 Å². The molecule has 0 atom stereocenters. The van der Waals surface area contributed by atoms with Crippen LogP contribution in [0.3, 0.4) is 0 Å². The molecular weight excluding hydrogens is 240 g/mol. The smallest absolute Gasteiger partial charge is 0.211 e. The first-order valence-electron chi connectivity index (χ1n) is 6.57. The zero-order chi connectivity index (χ0) is 13.9. The van der Waals surface area contributed by atoms with E-state index in [1.165, 1.54) is 19.3 Å². The average Bonchev–Trinajstić information content (AvgIpc) is 2.40. The van der Waals surface area contributed by atoms with Gasteiger partial charge in [0.2, 0.25) is 5.96 Å². The lowest BCUT2D eigenvalue weighted by molar-refractivity contribution is 0.305. The number of guanidine groups is 1. The molecule has 0 bridgehead atoms. The van der Waals surface area contributed by atoms with Crippen molar-refractivity contribution >= 4 is 12.2 Å². The third kappa shape index (κ3) is 7.08. The van der Waals surface area contributed by atoms with Crippen molar-refractivity contribution in [1.82, 2.24) is 0 Å². The van der Waals surface area contributed by atoms with E-state index in [9.17, 15) is 0 Å². The molecule has 1 aromatic rings. The van der Waals surface area contributed by atoms with Gasteiger partial charge in [-0.3, -0.25) is 0 Å². The highest BCUT2D eigenvalue weighted by atomic mass is 16.5. The van der Waals surface area contributed by atoms with Gasteiger partial charge in [-0.15, -0.1) is 5.10 Å². The van der Waals surface area contributed by atoms with E-state index >= 15 is 0 Å². The Morgan fingerprint density at radius 1 is 1.16 bits per heavy atom. The van der Waals surface area contributed by atoms with Gasteiger partial charge in [0.1, 0.15) is 5.75 Å². The number of hydrogen-bond acceptors (Lipinski definition) is 3. The summed E-state index contributed by atoms with van der Waals surface area (Å²) >= 11 is 0. The maximum atomic E-state index is 5.64. The summed E-state index contributed by atoms with van der Waals surface area (Å²) in [5.41, 5.74) is 11.2. The minimum atomic E-state index is -0.0525. The third-order valence-electron chi connectivity index (χ3n) is 2.53. The number of hydrogen-bond donors (Lipinski definition) is 2. The van der Waals surface area contributed by atoms with Gasteiger partial charge in [-0.05, 0) is 36.2 Å². The van der Waals surface area contributed by atoms with Gasteiger partial charge in [-0.1, -0.05) is 26.2 Å². The van der Waals surface area contributed by atoms with Crippen LogP contribution in [0, 0.1) is 0 Å². The van der Waals surface area contributed by atoms with Crippen LogP contribution in [0.15, 0.2) is 34.5 Å². The molecule has 4 N–H and O–H groups in total. The lowest BCUT2D eigenvalue weighted by Crippen LogP contribution is -2.21. The van der Waals surface area contributed by atoms with Gasteiger partial charge in [0, 0.05) is 0 Å². The summed E-state index contributed by atoms with van der Waals surface area (Å²) in [5, 5.41) is 7.27. The molecule has 1 aromatic carbocycles. The molecule has 0 fully saturated rings. The normalized spacial score (nSPS) is 10.6. The van der Waals surface area contributed by atoms with Crippen molar-refractivity contribution in [2.45, 2.75) is 32.6 Å². The zero-order valence-electron chi connectivity index (χ0n) is 11.4. The Morgan fingerprint density at radius 3 is 2.53 bits per heavy atom. The SMILES string of the molecule is CCCCCCOc1ccc(/C=N\N=C(N)N)cc1. The van der Waals surface area contributed by atoms with E-state index in [0.29, 0.717) is 0 Å². The van der Waals surface area contributed by atoms with Crippen molar-refractivity contribution in [3.05, 3.63) is 29.8 Å². The number of ether oxygens (including phenoxy) is 1. The molecule has 1 rings (SSSR count). The van der Waals surface area contributed by atoms with E-state index in [2.05, 4.69) is 17.1 Å². The van der Waals surface area contributed by atoms with Crippen molar-refractivity contribution in [2.75, 3.05) is 6.61 Å². The van der Waals surface area contributed by atoms with Gasteiger partial charge in [0.25, 0.3) is 0 Å². The van der Waals surface area contributed by atoms with E-state index < -0.39 is 0 Å². The fourth-order valence-electron chi connectivity index (χ4n) is 1.53. The summed E-state index contributed by atoms with van der Waals surface area (Å²) in [6.07, 6.45) is 6.42. The standard InChI is InChI=1S/C14H22N4O/c1-2-3-4-5-10-19-13-8-6-12(7-9-13)11-17-18-14(15)16/h6-9,11H,2-5,10H2,1H3,(H4,15,16,18)/b17-11-. The summed E-state index contributed by atoms with van der Waals surface area (Å²) in [7, 11) is 0. The van der Waals surface area contributed by atoms with Gasteiger partial charge >= 0.3 is 0 Å². The number of nitrogens with zero attached hydrogens (tertiary/aromatic N) is 2. The topological polar surface area (TPSA) is 86.0 Å². The molecule has 0 saturated heterocycles. The Morgan fingerprint density at radius 2 is 1.89 bits per heavy atom. The number of unbranched alkanes of at least 4 members (excludes halogenated alkanes) is 3. The van der Waals surface area contributed by atoms with Crippen LogP contribution in [0.5, 0.6) is 5.75 Å². The van der Waals surface area contributed by atoms with Crippen LogP contribution < -0.4 is 16.2 Å². The first kappa shape index (κ1) is 15.0. The number of nitrogens with two attached hydrogens (primary N) is 2. The summed E-state index contributed by atoms with van der Waals surface area (Å²) in [6.45, 7) is 2.96. The van der Waals surface area contributed by atoms with Gasteiger partial charge < -0.3 is 16.2 Å². The van der Waals surface area contributed by atoms with E-state index in [0.717, 1.165) is 24.3 Å². The lowest BCUT2D eigenvalue weighted by Gasteiger charge is -2.05. The summed E-state index contributed by atoms with van der Waals surface area (Å²) in [6, 6.07) is 7.65. The molecule has 104 valence electrons. The first-order valence-corrected chi connectivity index (χ1v) is 6.57. The molecule has 0 amide bonds. The van der Waals surface area contributed by atoms with Crippen LogP contribution in [-0.2, 0) is 0 Å². The first-order chi connectivity index (χ1) is 9.22. The van der Waals surface area contributed by atoms with Crippen molar-refractivity contribution in [1.29, 1.82) is 0 Å². The molecule has 0 spiro atoms.